The van der Waals surface area contributed by atoms with Crippen molar-refractivity contribution >= 4 is 5.69 Å². The number of rotatable bonds is 6. The molecular formula is C10H13NO5. The zero-order valence-electron chi connectivity index (χ0n) is 9.08. The van der Waals surface area contributed by atoms with Gasteiger partial charge in [0, 0.05) is 26.4 Å². The number of methoxy groups -OCH3 is 2. The van der Waals surface area contributed by atoms with Crippen LogP contribution in [0.5, 0.6) is 5.75 Å². The van der Waals surface area contributed by atoms with Crippen LogP contribution in [0, 0.1) is 10.1 Å². The first kappa shape index (κ1) is 12.4. The predicted molar refractivity (Wildman–Crippen MR) is 56.4 cm³/mol. The Morgan fingerprint density at radius 3 is 2.25 bits per heavy atom. The second kappa shape index (κ2) is 6.04. The molecule has 0 unspecified atom stereocenters. The van der Waals surface area contributed by atoms with Gasteiger partial charge in [-0.05, 0) is 12.1 Å². The predicted octanol–water partition coefficient (Wildman–Crippen LogP) is 1.59. The minimum Gasteiger partial charge on any atom is -0.488 e. The number of benzene rings is 1. The maximum absolute atomic E-state index is 10.4. The Bertz CT molecular complexity index is 334. The fourth-order valence-electron chi connectivity index (χ4n) is 1.06. The summed E-state index contributed by atoms with van der Waals surface area (Å²) >= 11 is 0. The molecule has 0 heterocycles. The molecule has 0 aliphatic heterocycles. The molecule has 0 bridgehead atoms. The quantitative estimate of drug-likeness (QED) is 0.419. The van der Waals surface area contributed by atoms with Gasteiger partial charge in [-0.15, -0.1) is 0 Å². The summed E-state index contributed by atoms with van der Waals surface area (Å²) in [5, 5.41) is 10.4. The molecule has 16 heavy (non-hydrogen) atoms. The molecule has 0 radical (unpaired) electrons. The average Bonchev–Trinajstić information content (AvgIpc) is 2.31. The molecule has 0 spiro atoms. The molecule has 0 amide bonds. The van der Waals surface area contributed by atoms with Crippen molar-refractivity contribution in [3.05, 3.63) is 34.4 Å². The summed E-state index contributed by atoms with van der Waals surface area (Å²) in [5.41, 5.74) is 0.0300. The van der Waals surface area contributed by atoms with E-state index in [9.17, 15) is 10.1 Å². The minimum atomic E-state index is -0.461. The highest BCUT2D eigenvalue weighted by Gasteiger charge is 2.07. The van der Waals surface area contributed by atoms with Crippen molar-refractivity contribution in [1.29, 1.82) is 0 Å². The van der Waals surface area contributed by atoms with Crippen molar-refractivity contribution in [2.75, 3.05) is 20.8 Å². The molecule has 0 aliphatic rings. The standard InChI is InChI=1S/C10H13NO5/c1-14-10(15-2)7-16-9-5-3-8(4-6-9)11(12)13/h3-6,10H,7H2,1-2H3. The number of hydrogen-bond donors (Lipinski definition) is 0. The summed E-state index contributed by atoms with van der Waals surface area (Å²) in [6.45, 7) is 0.227. The summed E-state index contributed by atoms with van der Waals surface area (Å²) < 4.78 is 15.2. The molecule has 0 saturated heterocycles. The molecule has 1 aromatic carbocycles. The Morgan fingerprint density at radius 2 is 1.81 bits per heavy atom. The van der Waals surface area contributed by atoms with Crippen LogP contribution < -0.4 is 4.74 Å². The number of non-ortho nitro benzene ring substituents is 1. The molecule has 0 aliphatic carbocycles. The van der Waals surface area contributed by atoms with Crippen LogP contribution in [0.3, 0.4) is 0 Å². The van der Waals surface area contributed by atoms with Crippen molar-refractivity contribution in [2.24, 2.45) is 0 Å². The summed E-state index contributed by atoms with van der Waals surface area (Å²) in [5.74, 6) is 0.532. The minimum absolute atomic E-state index is 0.0300. The fourth-order valence-corrected chi connectivity index (χ4v) is 1.06. The van der Waals surface area contributed by atoms with E-state index in [1.165, 1.54) is 38.5 Å². The Kier molecular flexibility index (Phi) is 4.68. The molecule has 0 N–H and O–H groups in total. The van der Waals surface area contributed by atoms with Crippen molar-refractivity contribution in [1.82, 2.24) is 0 Å². The van der Waals surface area contributed by atoms with Gasteiger partial charge in [0.25, 0.3) is 5.69 Å². The van der Waals surface area contributed by atoms with E-state index in [-0.39, 0.29) is 12.3 Å². The van der Waals surface area contributed by atoms with Crippen LogP contribution in [0.15, 0.2) is 24.3 Å². The van der Waals surface area contributed by atoms with Crippen LogP contribution in [-0.2, 0) is 9.47 Å². The molecule has 0 saturated carbocycles. The number of nitrogens with zero attached hydrogens (tertiary/aromatic N) is 1. The molecule has 0 fully saturated rings. The SMILES string of the molecule is COC(COc1ccc([N+](=O)[O-])cc1)OC. The van der Waals surface area contributed by atoms with Gasteiger partial charge < -0.3 is 14.2 Å². The van der Waals surface area contributed by atoms with Gasteiger partial charge in [0.2, 0.25) is 0 Å². The lowest BCUT2D eigenvalue weighted by Crippen LogP contribution is -2.21. The summed E-state index contributed by atoms with van der Waals surface area (Å²) in [6, 6.07) is 5.81. The van der Waals surface area contributed by atoms with E-state index in [1.54, 1.807) is 0 Å². The molecule has 88 valence electrons. The van der Waals surface area contributed by atoms with Crippen molar-refractivity contribution < 1.29 is 19.1 Å². The smallest absolute Gasteiger partial charge is 0.269 e. The third kappa shape index (κ3) is 3.48. The van der Waals surface area contributed by atoms with Crippen LogP contribution in [0.4, 0.5) is 5.69 Å². The van der Waals surface area contributed by atoms with Crippen LogP contribution >= 0.6 is 0 Å². The topological polar surface area (TPSA) is 70.8 Å². The number of ether oxygens (including phenoxy) is 3. The molecule has 6 nitrogen and oxygen atoms in total. The second-order valence-electron chi connectivity index (χ2n) is 2.96. The van der Waals surface area contributed by atoms with Gasteiger partial charge in [-0.1, -0.05) is 0 Å². The maximum atomic E-state index is 10.4. The lowest BCUT2D eigenvalue weighted by atomic mass is 10.3. The largest absolute Gasteiger partial charge is 0.488 e. The number of hydrogen-bond acceptors (Lipinski definition) is 5. The van der Waals surface area contributed by atoms with Crippen molar-refractivity contribution in [3.8, 4) is 5.75 Å². The average molecular weight is 227 g/mol. The highest BCUT2D eigenvalue weighted by atomic mass is 16.7. The van der Waals surface area contributed by atoms with Crippen molar-refractivity contribution in [2.45, 2.75) is 6.29 Å². The van der Waals surface area contributed by atoms with Crippen LogP contribution in [0.2, 0.25) is 0 Å². The van der Waals surface area contributed by atoms with E-state index in [0.29, 0.717) is 5.75 Å². The molecule has 1 rings (SSSR count). The Hall–Kier alpha value is -1.66. The van der Waals surface area contributed by atoms with Crippen LogP contribution in [0.25, 0.3) is 0 Å². The summed E-state index contributed by atoms with van der Waals surface area (Å²) in [7, 11) is 3.01. The number of nitro groups is 1. The van der Waals surface area contributed by atoms with Gasteiger partial charge in [0.05, 0.1) is 4.92 Å². The zero-order valence-corrected chi connectivity index (χ0v) is 9.08. The van der Waals surface area contributed by atoms with Gasteiger partial charge in [-0.25, -0.2) is 0 Å². The first-order valence-electron chi connectivity index (χ1n) is 4.60. The van der Waals surface area contributed by atoms with Gasteiger partial charge in [-0.2, -0.15) is 0 Å². The first-order valence-corrected chi connectivity index (χ1v) is 4.60. The molecular weight excluding hydrogens is 214 g/mol. The highest BCUT2D eigenvalue weighted by Crippen LogP contribution is 2.17. The fraction of sp³-hybridized carbons (Fsp3) is 0.400. The third-order valence-corrected chi connectivity index (χ3v) is 1.96. The van der Waals surface area contributed by atoms with E-state index >= 15 is 0 Å². The lowest BCUT2D eigenvalue weighted by molar-refractivity contribution is -0.384. The lowest BCUT2D eigenvalue weighted by Gasteiger charge is -2.13. The van der Waals surface area contributed by atoms with E-state index in [1.807, 2.05) is 0 Å². The van der Waals surface area contributed by atoms with Gasteiger partial charge >= 0.3 is 0 Å². The van der Waals surface area contributed by atoms with E-state index in [4.69, 9.17) is 14.2 Å². The number of nitro benzene ring substituents is 1. The summed E-state index contributed by atoms with van der Waals surface area (Å²) in [4.78, 5) is 9.93. The van der Waals surface area contributed by atoms with E-state index in [0.717, 1.165) is 0 Å². The van der Waals surface area contributed by atoms with Crippen LogP contribution in [-0.4, -0.2) is 32.0 Å². The Balaban J connectivity index is 2.52. The molecule has 1 aromatic rings. The Morgan fingerprint density at radius 1 is 1.25 bits per heavy atom. The third-order valence-electron chi connectivity index (χ3n) is 1.96. The van der Waals surface area contributed by atoms with Gasteiger partial charge in [-0.3, -0.25) is 10.1 Å². The zero-order chi connectivity index (χ0) is 12.0. The Labute approximate surface area is 92.9 Å². The van der Waals surface area contributed by atoms with Gasteiger partial charge in [0.15, 0.2) is 6.29 Å². The summed E-state index contributed by atoms with van der Waals surface area (Å²) in [6.07, 6.45) is -0.449. The molecule has 0 aromatic heterocycles. The normalized spacial score (nSPS) is 10.4. The van der Waals surface area contributed by atoms with Gasteiger partial charge in [0.1, 0.15) is 12.4 Å². The van der Waals surface area contributed by atoms with E-state index < -0.39 is 11.2 Å². The molecule has 0 atom stereocenters. The first-order chi connectivity index (χ1) is 7.67. The van der Waals surface area contributed by atoms with Crippen molar-refractivity contribution in [3.63, 3.8) is 0 Å². The highest BCUT2D eigenvalue weighted by molar-refractivity contribution is 5.35. The maximum Gasteiger partial charge on any atom is 0.269 e. The van der Waals surface area contributed by atoms with E-state index in [2.05, 4.69) is 0 Å². The molecule has 6 heteroatoms. The van der Waals surface area contributed by atoms with Crippen LogP contribution in [0.1, 0.15) is 0 Å². The monoisotopic (exact) mass is 227 g/mol. The second-order valence-corrected chi connectivity index (χ2v) is 2.96.